The van der Waals surface area contributed by atoms with Gasteiger partial charge in [0.25, 0.3) is 0 Å². The van der Waals surface area contributed by atoms with Crippen LogP contribution in [0.5, 0.6) is 0 Å². The van der Waals surface area contributed by atoms with Gasteiger partial charge in [-0.05, 0) is 32.3 Å². The fourth-order valence-electron chi connectivity index (χ4n) is 3.52. The van der Waals surface area contributed by atoms with Crippen LogP contribution in [-0.2, 0) is 14.3 Å². The van der Waals surface area contributed by atoms with Gasteiger partial charge in [0.2, 0.25) is 0 Å². The summed E-state index contributed by atoms with van der Waals surface area (Å²) in [6.45, 7) is 5.13. The lowest BCUT2D eigenvalue weighted by atomic mass is 9.78. The van der Waals surface area contributed by atoms with Gasteiger partial charge in [0.15, 0.2) is 6.29 Å². The molecule has 1 aromatic carbocycles. The fourth-order valence-corrected chi connectivity index (χ4v) is 3.52. The minimum absolute atomic E-state index is 0.123. The molecule has 1 aliphatic carbocycles. The van der Waals surface area contributed by atoms with Crippen molar-refractivity contribution in [2.45, 2.75) is 64.6 Å². The second-order valence-electron chi connectivity index (χ2n) is 6.28. The van der Waals surface area contributed by atoms with Crippen LogP contribution in [0.2, 0.25) is 0 Å². The molecule has 2 rings (SSSR count). The number of hydrogen-bond acceptors (Lipinski definition) is 3. The summed E-state index contributed by atoms with van der Waals surface area (Å²) in [5, 5.41) is 0. The molecule has 1 atom stereocenters. The summed E-state index contributed by atoms with van der Waals surface area (Å²) in [4.78, 5) is 13.1. The molecule has 0 heterocycles. The quantitative estimate of drug-likeness (QED) is 0.619. The van der Waals surface area contributed by atoms with Crippen molar-refractivity contribution in [3.05, 3.63) is 35.9 Å². The van der Waals surface area contributed by atoms with Gasteiger partial charge in [-0.25, -0.2) is 0 Å². The molecule has 0 bridgehead atoms. The number of ether oxygens (including phenoxy) is 2. The second-order valence-corrected chi connectivity index (χ2v) is 6.28. The molecule has 0 amide bonds. The predicted octanol–water partition coefficient (Wildman–Crippen LogP) is 4.71. The van der Waals surface area contributed by atoms with Crippen LogP contribution in [0, 0.1) is 5.92 Å². The summed E-state index contributed by atoms with van der Waals surface area (Å²) in [5.74, 6) is 0.459. The number of ketones is 1. The van der Waals surface area contributed by atoms with Crippen LogP contribution in [0.4, 0.5) is 0 Å². The summed E-state index contributed by atoms with van der Waals surface area (Å²) in [6.07, 6.45) is 6.01. The summed E-state index contributed by atoms with van der Waals surface area (Å²) >= 11 is 0. The van der Waals surface area contributed by atoms with Gasteiger partial charge in [0.05, 0.1) is 0 Å². The van der Waals surface area contributed by atoms with Gasteiger partial charge >= 0.3 is 0 Å². The lowest BCUT2D eigenvalue weighted by Gasteiger charge is -2.28. The molecule has 0 aromatic heterocycles. The maximum Gasteiger partial charge on any atom is 0.158 e. The highest BCUT2D eigenvalue weighted by atomic mass is 16.7. The summed E-state index contributed by atoms with van der Waals surface area (Å²) < 4.78 is 11.4. The van der Waals surface area contributed by atoms with Gasteiger partial charge in [-0.1, -0.05) is 49.6 Å². The highest BCUT2D eigenvalue weighted by molar-refractivity contribution is 5.88. The van der Waals surface area contributed by atoms with Crippen LogP contribution in [0.1, 0.15) is 63.9 Å². The molecule has 3 nitrogen and oxygen atoms in total. The zero-order chi connectivity index (χ0) is 16.5. The van der Waals surface area contributed by atoms with Crippen molar-refractivity contribution in [1.82, 2.24) is 0 Å². The Kier molecular flexibility index (Phi) is 7.77. The molecule has 0 spiro atoms. The van der Waals surface area contributed by atoms with Crippen LogP contribution >= 0.6 is 0 Å². The summed E-state index contributed by atoms with van der Waals surface area (Å²) in [7, 11) is 0. The Morgan fingerprint density at radius 3 is 2.22 bits per heavy atom. The van der Waals surface area contributed by atoms with Crippen molar-refractivity contribution in [2.75, 3.05) is 13.2 Å². The Morgan fingerprint density at radius 1 is 1.04 bits per heavy atom. The molecule has 1 aromatic rings. The van der Waals surface area contributed by atoms with Crippen molar-refractivity contribution in [2.24, 2.45) is 5.92 Å². The van der Waals surface area contributed by atoms with E-state index >= 15 is 0 Å². The normalized spacial score (nSPS) is 17.3. The third kappa shape index (κ3) is 5.43. The first-order valence-corrected chi connectivity index (χ1v) is 9.08. The average molecular weight is 318 g/mol. The van der Waals surface area contributed by atoms with E-state index in [1.54, 1.807) is 0 Å². The average Bonchev–Trinajstić information content (AvgIpc) is 2.61. The largest absolute Gasteiger partial charge is 0.353 e. The smallest absolute Gasteiger partial charge is 0.158 e. The SMILES string of the molecule is CCOC(C[C@H](C(=O)C1CCCCC1)c1ccccc1)OCC. The number of carbonyl (C=O) groups excluding carboxylic acids is 1. The molecule has 23 heavy (non-hydrogen) atoms. The molecule has 128 valence electrons. The molecule has 1 aliphatic rings. The van der Waals surface area contributed by atoms with Gasteiger partial charge in [-0.15, -0.1) is 0 Å². The van der Waals surface area contributed by atoms with Crippen LogP contribution in [0.25, 0.3) is 0 Å². The minimum Gasteiger partial charge on any atom is -0.353 e. The molecule has 0 unspecified atom stereocenters. The number of rotatable bonds is 9. The molecule has 3 heteroatoms. The number of carbonyl (C=O) groups is 1. The van der Waals surface area contributed by atoms with E-state index in [0.717, 1.165) is 18.4 Å². The standard InChI is InChI=1S/C20H30O3/c1-3-22-19(23-4-2)15-18(16-11-7-5-8-12-16)20(21)17-13-9-6-10-14-17/h5,7-8,11-12,17-19H,3-4,6,9-10,13-15H2,1-2H3/t18-/m0/s1. The third-order valence-electron chi connectivity index (χ3n) is 4.69. The topological polar surface area (TPSA) is 35.5 Å². The first-order valence-electron chi connectivity index (χ1n) is 9.08. The highest BCUT2D eigenvalue weighted by Gasteiger charge is 2.31. The van der Waals surface area contributed by atoms with E-state index in [1.165, 1.54) is 19.3 Å². The van der Waals surface area contributed by atoms with Crippen molar-refractivity contribution in [3.63, 3.8) is 0 Å². The Balaban J connectivity index is 2.15. The lowest BCUT2D eigenvalue weighted by Crippen LogP contribution is -2.29. The minimum atomic E-state index is -0.303. The molecule has 0 saturated heterocycles. The molecule has 0 N–H and O–H groups in total. The molecule has 0 aliphatic heterocycles. The number of hydrogen-bond donors (Lipinski definition) is 0. The maximum absolute atomic E-state index is 13.1. The molecular formula is C20H30O3. The summed E-state index contributed by atoms with van der Waals surface area (Å²) in [5.41, 5.74) is 1.09. The van der Waals surface area contributed by atoms with Crippen molar-refractivity contribution >= 4 is 5.78 Å². The van der Waals surface area contributed by atoms with Gasteiger partial charge in [0.1, 0.15) is 5.78 Å². The Morgan fingerprint density at radius 2 is 1.65 bits per heavy atom. The van der Waals surface area contributed by atoms with E-state index in [1.807, 2.05) is 32.0 Å². The zero-order valence-electron chi connectivity index (χ0n) is 14.5. The third-order valence-corrected chi connectivity index (χ3v) is 4.69. The molecule has 0 radical (unpaired) electrons. The van der Waals surface area contributed by atoms with Crippen molar-refractivity contribution < 1.29 is 14.3 Å². The summed E-state index contributed by atoms with van der Waals surface area (Å²) in [6, 6.07) is 10.1. The van der Waals surface area contributed by atoms with E-state index in [9.17, 15) is 4.79 Å². The molecule has 1 saturated carbocycles. The van der Waals surface area contributed by atoms with Crippen LogP contribution in [0.15, 0.2) is 30.3 Å². The Hall–Kier alpha value is -1.19. The van der Waals surface area contributed by atoms with Gasteiger partial charge in [-0.3, -0.25) is 4.79 Å². The van der Waals surface area contributed by atoms with E-state index < -0.39 is 0 Å². The number of Topliss-reactive ketones (excluding diaryl/α,β-unsaturated/α-hetero) is 1. The first kappa shape index (κ1) is 18.2. The van der Waals surface area contributed by atoms with Gasteiger partial charge < -0.3 is 9.47 Å². The van der Waals surface area contributed by atoms with Crippen LogP contribution < -0.4 is 0 Å². The first-order chi connectivity index (χ1) is 11.3. The van der Waals surface area contributed by atoms with E-state index in [2.05, 4.69) is 12.1 Å². The van der Waals surface area contributed by atoms with Crippen molar-refractivity contribution in [3.8, 4) is 0 Å². The molecular weight excluding hydrogens is 288 g/mol. The monoisotopic (exact) mass is 318 g/mol. The predicted molar refractivity (Wildman–Crippen MR) is 92.4 cm³/mol. The Bertz CT molecular complexity index is 445. The van der Waals surface area contributed by atoms with Gasteiger partial charge in [0, 0.05) is 31.5 Å². The fraction of sp³-hybridized carbons (Fsp3) is 0.650. The van der Waals surface area contributed by atoms with Gasteiger partial charge in [-0.2, -0.15) is 0 Å². The highest BCUT2D eigenvalue weighted by Crippen LogP contribution is 2.33. The van der Waals surface area contributed by atoms with Crippen LogP contribution in [0.3, 0.4) is 0 Å². The van der Waals surface area contributed by atoms with E-state index in [0.29, 0.717) is 25.4 Å². The van der Waals surface area contributed by atoms with Crippen LogP contribution in [-0.4, -0.2) is 25.3 Å². The van der Waals surface area contributed by atoms with E-state index in [4.69, 9.17) is 9.47 Å². The second kappa shape index (κ2) is 9.84. The van der Waals surface area contributed by atoms with E-state index in [-0.39, 0.29) is 18.1 Å². The zero-order valence-corrected chi connectivity index (χ0v) is 14.5. The molecule has 1 fully saturated rings. The maximum atomic E-state index is 13.1. The number of benzene rings is 1. The van der Waals surface area contributed by atoms with Crippen molar-refractivity contribution in [1.29, 1.82) is 0 Å². The lowest BCUT2D eigenvalue weighted by molar-refractivity contribution is -0.149. The Labute approximate surface area is 140 Å².